The van der Waals surface area contributed by atoms with E-state index in [2.05, 4.69) is 15.2 Å². The van der Waals surface area contributed by atoms with E-state index in [0.29, 0.717) is 5.13 Å². The molecule has 0 aliphatic carbocycles. The average Bonchev–Trinajstić information content (AvgIpc) is 2.96. The van der Waals surface area contributed by atoms with Crippen LogP contribution >= 0.6 is 22.7 Å². The molecule has 0 radical (unpaired) electrons. The van der Waals surface area contributed by atoms with Crippen molar-refractivity contribution in [2.75, 3.05) is 0 Å². The lowest BCUT2D eigenvalue weighted by atomic mass is 10.2. The summed E-state index contributed by atoms with van der Waals surface area (Å²) in [4.78, 5) is 4.90. The molecule has 0 amide bonds. The number of aromatic hydroxyl groups is 1. The van der Waals surface area contributed by atoms with Crippen molar-refractivity contribution in [2.24, 2.45) is 4.99 Å². The minimum absolute atomic E-state index is 0.277. The fourth-order valence-corrected chi connectivity index (χ4v) is 2.84. The minimum atomic E-state index is 0.277. The van der Waals surface area contributed by atoms with Gasteiger partial charge in [0.2, 0.25) is 5.13 Å². The highest BCUT2D eigenvalue weighted by molar-refractivity contribution is 7.21. The predicted octanol–water partition coefficient (Wildman–Crippen LogP) is 3.21. The number of fused-ring (bicyclic) bond motifs is 1. The Kier molecular flexibility index (Phi) is 2.58. The molecule has 0 bridgehead atoms. The Morgan fingerprint density at radius 1 is 1.29 bits per heavy atom. The van der Waals surface area contributed by atoms with E-state index in [0.717, 1.165) is 15.0 Å². The molecule has 0 aliphatic heterocycles. The van der Waals surface area contributed by atoms with Crippen LogP contribution in [0.3, 0.4) is 0 Å². The van der Waals surface area contributed by atoms with Gasteiger partial charge < -0.3 is 5.11 Å². The third-order valence-corrected chi connectivity index (χ3v) is 3.93. The molecule has 2 heterocycles. The third-order valence-electron chi connectivity index (χ3n) is 2.24. The lowest BCUT2D eigenvalue weighted by Gasteiger charge is -1.89. The summed E-state index contributed by atoms with van der Waals surface area (Å²) in [5, 5.41) is 19.0. The molecule has 3 aromatic rings. The average molecular weight is 261 g/mol. The van der Waals surface area contributed by atoms with E-state index in [9.17, 15) is 5.11 Å². The van der Waals surface area contributed by atoms with E-state index >= 15 is 0 Å². The Bertz CT molecular complexity index is 673. The molecule has 2 aromatic heterocycles. The normalized spacial score (nSPS) is 11.5. The SMILES string of the molecule is Oc1c(/C=N/c2nncs2)sc2ccccc12. The van der Waals surface area contributed by atoms with Gasteiger partial charge in [-0.15, -0.1) is 21.5 Å². The standard InChI is InChI=1S/C11H7N3OS2/c15-10-7-3-1-2-4-8(7)17-9(10)5-12-11-14-13-6-16-11/h1-6,15H/b12-5+. The van der Waals surface area contributed by atoms with Crippen LogP contribution in [0.5, 0.6) is 5.75 Å². The highest BCUT2D eigenvalue weighted by atomic mass is 32.1. The topological polar surface area (TPSA) is 58.4 Å². The first-order valence-corrected chi connectivity index (χ1v) is 6.55. The zero-order chi connectivity index (χ0) is 11.7. The van der Waals surface area contributed by atoms with Crippen LogP contribution in [0, 0.1) is 0 Å². The number of aliphatic imine (C=N–C) groups is 1. The molecule has 0 unspecified atom stereocenters. The van der Waals surface area contributed by atoms with Gasteiger partial charge in [0.25, 0.3) is 0 Å². The van der Waals surface area contributed by atoms with E-state index in [4.69, 9.17) is 0 Å². The van der Waals surface area contributed by atoms with Crippen LogP contribution in [0.15, 0.2) is 34.8 Å². The second-order valence-corrected chi connectivity index (χ2v) is 5.19. The van der Waals surface area contributed by atoms with Crippen LogP contribution in [0.2, 0.25) is 0 Å². The Balaban J connectivity index is 2.03. The molecule has 84 valence electrons. The second kappa shape index (κ2) is 4.23. The van der Waals surface area contributed by atoms with Gasteiger partial charge in [-0.1, -0.05) is 23.5 Å². The first-order valence-electron chi connectivity index (χ1n) is 4.85. The van der Waals surface area contributed by atoms with Crippen molar-refractivity contribution >= 4 is 44.1 Å². The maximum absolute atomic E-state index is 10.0. The van der Waals surface area contributed by atoms with Crippen molar-refractivity contribution in [3.05, 3.63) is 34.7 Å². The van der Waals surface area contributed by atoms with Crippen LogP contribution in [0.4, 0.5) is 5.13 Å². The quantitative estimate of drug-likeness (QED) is 0.721. The van der Waals surface area contributed by atoms with Crippen molar-refractivity contribution in [3.8, 4) is 5.75 Å². The Labute approximate surface area is 105 Å². The smallest absolute Gasteiger partial charge is 0.231 e. The minimum Gasteiger partial charge on any atom is -0.506 e. The zero-order valence-corrected chi connectivity index (χ0v) is 10.2. The molecule has 1 aromatic carbocycles. The molecule has 0 saturated carbocycles. The molecule has 4 nitrogen and oxygen atoms in total. The molecule has 17 heavy (non-hydrogen) atoms. The molecule has 0 aliphatic rings. The number of rotatable bonds is 2. The van der Waals surface area contributed by atoms with Crippen LogP contribution < -0.4 is 0 Å². The summed E-state index contributed by atoms with van der Waals surface area (Å²) in [5.41, 5.74) is 1.62. The third kappa shape index (κ3) is 1.92. The van der Waals surface area contributed by atoms with Crippen molar-refractivity contribution in [1.82, 2.24) is 10.2 Å². The molecule has 0 atom stereocenters. The van der Waals surface area contributed by atoms with E-state index in [1.54, 1.807) is 11.7 Å². The van der Waals surface area contributed by atoms with Gasteiger partial charge in [0.05, 0.1) is 11.1 Å². The van der Waals surface area contributed by atoms with E-state index < -0.39 is 0 Å². The van der Waals surface area contributed by atoms with Crippen LogP contribution in [-0.4, -0.2) is 21.5 Å². The van der Waals surface area contributed by atoms with Crippen LogP contribution in [-0.2, 0) is 0 Å². The molecular weight excluding hydrogens is 254 g/mol. The van der Waals surface area contributed by atoms with Gasteiger partial charge in [-0.3, -0.25) is 0 Å². The monoisotopic (exact) mass is 261 g/mol. The number of hydrogen-bond acceptors (Lipinski definition) is 6. The van der Waals surface area contributed by atoms with Gasteiger partial charge in [0.15, 0.2) is 0 Å². The zero-order valence-electron chi connectivity index (χ0n) is 8.57. The number of thiophene rings is 1. The second-order valence-electron chi connectivity index (χ2n) is 3.29. The van der Waals surface area contributed by atoms with Crippen molar-refractivity contribution in [3.63, 3.8) is 0 Å². The first kappa shape index (κ1) is 10.4. The molecule has 0 fully saturated rings. The summed E-state index contributed by atoms with van der Waals surface area (Å²) in [7, 11) is 0. The summed E-state index contributed by atoms with van der Waals surface area (Å²) < 4.78 is 1.05. The van der Waals surface area contributed by atoms with E-state index in [1.165, 1.54) is 22.7 Å². The van der Waals surface area contributed by atoms with Gasteiger partial charge in [0, 0.05) is 10.1 Å². The number of benzene rings is 1. The van der Waals surface area contributed by atoms with Crippen molar-refractivity contribution < 1.29 is 5.11 Å². The maximum Gasteiger partial charge on any atom is 0.231 e. The molecule has 0 spiro atoms. The Morgan fingerprint density at radius 3 is 2.94 bits per heavy atom. The predicted molar refractivity (Wildman–Crippen MR) is 70.7 cm³/mol. The summed E-state index contributed by atoms with van der Waals surface area (Å²) >= 11 is 2.86. The molecule has 0 saturated heterocycles. The summed E-state index contributed by atoms with van der Waals surface area (Å²) in [6.07, 6.45) is 1.63. The lowest BCUT2D eigenvalue weighted by Crippen LogP contribution is -1.73. The number of nitrogens with zero attached hydrogens (tertiary/aromatic N) is 3. The first-order chi connectivity index (χ1) is 8.34. The van der Waals surface area contributed by atoms with Gasteiger partial charge in [-0.25, -0.2) is 4.99 Å². The summed E-state index contributed by atoms with van der Waals surface area (Å²) in [5.74, 6) is 0.277. The fraction of sp³-hybridized carbons (Fsp3) is 0. The molecule has 1 N–H and O–H groups in total. The van der Waals surface area contributed by atoms with Gasteiger partial charge in [-0.2, -0.15) is 0 Å². The number of hydrogen-bond donors (Lipinski definition) is 1. The summed E-state index contributed by atoms with van der Waals surface area (Å²) in [6, 6.07) is 7.72. The largest absolute Gasteiger partial charge is 0.506 e. The van der Waals surface area contributed by atoms with Crippen LogP contribution in [0.25, 0.3) is 10.1 Å². The van der Waals surface area contributed by atoms with Crippen molar-refractivity contribution in [2.45, 2.75) is 0 Å². The van der Waals surface area contributed by atoms with Gasteiger partial charge in [0.1, 0.15) is 11.3 Å². The van der Waals surface area contributed by atoms with E-state index in [-0.39, 0.29) is 5.75 Å². The Hall–Kier alpha value is -1.79. The summed E-state index contributed by atoms with van der Waals surface area (Å²) in [6.45, 7) is 0. The van der Waals surface area contributed by atoms with Gasteiger partial charge >= 0.3 is 0 Å². The highest BCUT2D eigenvalue weighted by Crippen LogP contribution is 2.35. The Morgan fingerprint density at radius 2 is 2.18 bits per heavy atom. The van der Waals surface area contributed by atoms with E-state index in [1.807, 2.05) is 24.3 Å². The molecule has 6 heteroatoms. The van der Waals surface area contributed by atoms with Crippen molar-refractivity contribution in [1.29, 1.82) is 0 Å². The van der Waals surface area contributed by atoms with Crippen LogP contribution in [0.1, 0.15) is 4.88 Å². The maximum atomic E-state index is 10.0. The highest BCUT2D eigenvalue weighted by Gasteiger charge is 2.08. The fourth-order valence-electron chi connectivity index (χ4n) is 1.48. The lowest BCUT2D eigenvalue weighted by molar-refractivity contribution is 0.483. The van der Waals surface area contributed by atoms with Gasteiger partial charge in [-0.05, 0) is 12.1 Å². The molecule has 3 rings (SSSR count). The number of aromatic nitrogens is 2. The molecular formula is C11H7N3OS2.